The number of aliphatic hydroxyl groups excluding tert-OH is 1. The van der Waals surface area contributed by atoms with Gasteiger partial charge in [-0.1, -0.05) is 6.92 Å². The highest BCUT2D eigenvalue weighted by molar-refractivity contribution is 6.17. The molecule has 2 fully saturated rings. The van der Waals surface area contributed by atoms with Crippen molar-refractivity contribution in [3.05, 3.63) is 11.6 Å². The minimum atomic E-state index is -0.676. The number of halogens is 1. The summed E-state index contributed by atoms with van der Waals surface area (Å²) in [5.74, 6) is 0.260. The molecule has 0 saturated carbocycles. The number of rotatable bonds is 4. The van der Waals surface area contributed by atoms with Gasteiger partial charge in [-0.05, 0) is 44.3 Å². The fraction of sp³-hybridized carbons (Fsp3) is 0.706. The number of hydrogen-bond acceptors (Lipinski definition) is 6. The number of allylic oxidation sites excluding steroid dienone is 2. The number of esters is 1. The zero-order valence-corrected chi connectivity index (χ0v) is 14.8. The topological polar surface area (TPSA) is 92.7 Å². The number of carbonyl (C=O) groups is 3. The lowest BCUT2D eigenvalue weighted by Crippen LogP contribution is -2.64. The third kappa shape index (κ3) is 3.55. The molecular weight excluding hydrogens is 334 g/mol. The molecule has 3 rings (SSSR count). The number of ether oxygens (including phenoxy) is 1. The summed E-state index contributed by atoms with van der Waals surface area (Å²) < 4.78 is 5.22. The van der Waals surface area contributed by atoms with Crippen molar-refractivity contribution in [2.45, 2.75) is 63.8 Å². The van der Waals surface area contributed by atoms with E-state index in [1.807, 2.05) is 6.92 Å². The first kappa shape index (κ1) is 19.1. The van der Waals surface area contributed by atoms with Gasteiger partial charge in [0.1, 0.15) is 17.9 Å². The Labute approximate surface area is 146 Å². The van der Waals surface area contributed by atoms with Gasteiger partial charge in [0.15, 0.2) is 11.6 Å². The predicted octanol–water partition coefficient (Wildman–Crippen LogP) is 1.48. The molecule has 24 heavy (non-hydrogen) atoms. The summed E-state index contributed by atoms with van der Waals surface area (Å²) in [6.07, 6.45) is 4.40. The molecule has 1 aliphatic carbocycles. The number of alkyl halides is 1. The van der Waals surface area contributed by atoms with Crippen molar-refractivity contribution in [2.75, 3.05) is 5.88 Å². The van der Waals surface area contributed by atoms with Gasteiger partial charge < -0.3 is 9.84 Å². The molecule has 0 spiro atoms. The lowest BCUT2D eigenvalue weighted by molar-refractivity contribution is -0.204. The number of carbonyl (C=O) groups excluding carboxylic acids is 3. The molecule has 0 amide bonds. The molecule has 1 unspecified atom stereocenters. The van der Waals surface area contributed by atoms with E-state index in [1.165, 1.54) is 13.0 Å². The molecule has 0 radical (unpaired) electrons. The largest absolute Gasteiger partial charge is 0.455 e. The van der Waals surface area contributed by atoms with Crippen LogP contribution in [0.3, 0.4) is 0 Å². The molecule has 2 heterocycles. The maximum Gasteiger partial charge on any atom is 0.328 e. The zero-order chi connectivity index (χ0) is 17.9. The Morgan fingerprint density at radius 3 is 2.62 bits per heavy atom. The highest BCUT2D eigenvalue weighted by atomic mass is 35.5. The van der Waals surface area contributed by atoms with Crippen LogP contribution < -0.4 is 5.32 Å². The van der Waals surface area contributed by atoms with Crippen LogP contribution in [0.2, 0.25) is 0 Å². The van der Waals surface area contributed by atoms with Crippen LogP contribution in [0.25, 0.3) is 0 Å². The standard InChI is InChI=1S/C9H14ClNO3.C8H10O2/c1-2-9-5(3-4-10)7(12)11-6(9)8(13)14-9;1-6(9)7-3-2-4-8(10)5-7/h5-7,11-12H,2-4H2,1H3;5H,2-4H2,1H3/t5-,6-,7?,9-;/m0./s1. The van der Waals surface area contributed by atoms with Crippen molar-refractivity contribution >= 4 is 29.1 Å². The maximum absolute atomic E-state index is 11.1. The molecule has 0 aromatic heterocycles. The fourth-order valence-corrected chi connectivity index (χ4v) is 3.86. The second-order valence-electron chi connectivity index (χ2n) is 6.40. The van der Waals surface area contributed by atoms with Crippen LogP contribution in [-0.2, 0) is 19.1 Å². The maximum atomic E-state index is 11.1. The lowest BCUT2D eigenvalue weighted by Gasteiger charge is -2.45. The summed E-state index contributed by atoms with van der Waals surface area (Å²) in [7, 11) is 0. The van der Waals surface area contributed by atoms with E-state index >= 15 is 0 Å². The smallest absolute Gasteiger partial charge is 0.328 e. The summed E-state index contributed by atoms with van der Waals surface area (Å²) in [5.41, 5.74) is 0.182. The average molecular weight is 358 g/mol. The second-order valence-corrected chi connectivity index (χ2v) is 6.78. The number of fused-ring (bicyclic) bond motifs is 1. The first-order chi connectivity index (χ1) is 11.4. The van der Waals surface area contributed by atoms with Crippen molar-refractivity contribution in [1.29, 1.82) is 0 Å². The van der Waals surface area contributed by atoms with Crippen LogP contribution in [0.15, 0.2) is 11.6 Å². The molecule has 4 atom stereocenters. The summed E-state index contributed by atoms with van der Waals surface area (Å²) in [4.78, 5) is 32.6. The van der Waals surface area contributed by atoms with E-state index < -0.39 is 11.8 Å². The van der Waals surface area contributed by atoms with Gasteiger partial charge in [0.05, 0.1) is 0 Å². The SMILES string of the molecule is CC(=O)C1=CC(=O)CCC1.CC[C@@]12OC(=O)[C@@H]1NC(O)[C@@H]2CCCl. The van der Waals surface area contributed by atoms with E-state index in [9.17, 15) is 19.5 Å². The van der Waals surface area contributed by atoms with Crippen molar-refractivity contribution in [1.82, 2.24) is 5.32 Å². The van der Waals surface area contributed by atoms with Crippen molar-refractivity contribution in [3.63, 3.8) is 0 Å². The third-order valence-corrected chi connectivity index (χ3v) is 5.21. The summed E-state index contributed by atoms with van der Waals surface area (Å²) >= 11 is 5.66. The van der Waals surface area contributed by atoms with E-state index in [4.69, 9.17) is 16.3 Å². The zero-order valence-electron chi connectivity index (χ0n) is 14.0. The van der Waals surface area contributed by atoms with Gasteiger partial charge in [-0.2, -0.15) is 0 Å². The number of hydrogen-bond donors (Lipinski definition) is 2. The monoisotopic (exact) mass is 357 g/mol. The molecule has 134 valence electrons. The Balaban J connectivity index is 0.000000185. The molecule has 2 saturated heterocycles. The van der Waals surface area contributed by atoms with Crippen LogP contribution in [0.5, 0.6) is 0 Å². The quantitative estimate of drug-likeness (QED) is 0.585. The van der Waals surface area contributed by atoms with Crippen LogP contribution in [0.4, 0.5) is 0 Å². The van der Waals surface area contributed by atoms with Crippen molar-refractivity contribution in [3.8, 4) is 0 Å². The first-order valence-electron chi connectivity index (χ1n) is 8.33. The van der Waals surface area contributed by atoms with Gasteiger partial charge >= 0.3 is 5.97 Å². The van der Waals surface area contributed by atoms with E-state index in [2.05, 4.69) is 5.32 Å². The molecule has 2 N–H and O–H groups in total. The van der Waals surface area contributed by atoms with Gasteiger partial charge in [-0.15, -0.1) is 11.6 Å². The van der Waals surface area contributed by atoms with Gasteiger partial charge in [0.2, 0.25) is 0 Å². The van der Waals surface area contributed by atoms with E-state index in [0.29, 0.717) is 24.3 Å². The average Bonchev–Trinajstić information content (AvgIpc) is 2.77. The Kier molecular flexibility index (Phi) is 6.17. The lowest BCUT2D eigenvalue weighted by atomic mass is 9.77. The molecule has 0 aromatic rings. The highest BCUT2D eigenvalue weighted by Gasteiger charge is 2.66. The fourth-order valence-electron chi connectivity index (χ4n) is 3.63. The molecule has 2 aliphatic heterocycles. The minimum absolute atomic E-state index is 0.0352. The van der Waals surface area contributed by atoms with Crippen LogP contribution in [0.1, 0.15) is 46.0 Å². The Morgan fingerprint density at radius 2 is 2.17 bits per heavy atom. The van der Waals surface area contributed by atoms with Gasteiger partial charge in [-0.25, -0.2) is 0 Å². The van der Waals surface area contributed by atoms with E-state index in [-0.39, 0.29) is 29.5 Å². The normalized spacial score (nSPS) is 34.3. The van der Waals surface area contributed by atoms with E-state index in [1.54, 1.807) is 0 Å². The Morgan fingerprint density at radius 1 is 1.46 bits per heavy atom. The summed E-state index contributed by atoms with van der Waals surface area (Å²) in [5, 5.41) is 12.6. The first-order valence-corrected chi connectivity index (χ1v) is 8.86. The molecular formula is C17H24ClNO5. The second kappa shape index (κ2) is 7.76. The van der Waals surface area contributed by atoms with Gasteiger partial charge in [0, 0.05) is 18.2 Å². The molecule has 3 aliphatic rings. The molecule has 7 heteroatoms. The molecule has 6 nitrogen and oxygen atoms in total. The number of ketones is 2. The minimum Gasteiger partial charge on any atom is -0.455 e. The Bertz CT molecular complexity index is 561. The van der Waals surface area contributed by atoms with Crippen molar-refractivity contribution < 1.29 is 24.2 Å². The summed E-state index contributed by atoms with van der Waals surface area (Å²) in [6, 6.07) is -0.337. The number of nitrogens with one attached hydrogen (secondary N) is 1. The van der Waals surface area contributed by atoms with Crippen molar-refractivity contribution in [2.24, 2.45) is 5.92 Å². The predicted molar refractivity (Wildman–Crippen MR) is 88.5 cm³/mol. The molecule has 0 aromatic carbocycles. The van der Waals surface area contributed by atoms with Crippen LogP contribution >= 0.6 is 11.6 Å². The van der Waals surface area contributed by atoms with E-state index in [0.717, 1.165) is 19.3 Å². The van der Waals surface area contributed by atoms with Gasteiger partial charge in [-0.3, -0.25) is 19.7 Å². The van der Waals surface area contributed by atoms with Crippen LogP contribution in [0, 0.1) is 5.92 Å². The van der Waals surface area contributed by atoms with Gasteiger partial charge in [0.25, 0.3) is 0 Å². The molecule has 0 bridgehead atoms. The number of Topliss-reactive ketones (excluding diaryl/α,β-unsaturated/α-hetero) is 1. The number of aliphatic hydroxyl groups is 1. The third-order valence-electron chi connectivity index (χ3n) is 4.99. The highest BCUT2D eigenvalue weighted by Crippen LogP contribution is 2.46. The Hall–Kier alpha value is -1.24. The van der Waals surface area contributed by atoms with Crippen LogP contribution in [-0.4, -0.2) is 46.4 Å². The summed E-state index contributed by atoms with van der Waals surface area (Å²) in [6.45, 7) is 3.46.